The molecule has 1 atom stereocenters. The standard InChI is InChI=1S/C15H21N7O/c1-11-8-13(22-15(19-11)17-10-18-22)20-4-6-21(7-5-20)14(23)12-2-3-16-9-12/h8,10,12,16H,2-7,9H2,1H3. The lowest BCUT2D eigenvalue weighted by Crippen LogP contribution is -2.51. The SMILES string of the molecule is Cc1cc(N2CCN(C(=O)C3CCNC3)CC2)n2ncnc2n1. The second-order valence-corrected chi connectivity index (χ2v) is 6.23. The molecule has 1 amide bonds. The summed E-state index contributed by atoms with van der Waals surface area (Å²) in [5.74, 6) is 2.08. The summed E-state index contributed by atoms with van der Waals surface area (Å²) in [6, 6.07) is 2.03. The van der Waals surface area contributed by atoms with Crippen molar-refractivity contribution in [3.8, 4) is 0 Å². The van der Waals surface area contributed by atoms with Crippen LogP contribution in [0.25, 0.3) is 5.78 Å². The number of aryl methyl sites for hydroxylation is 1. The molecule has 2 aliphatic rings. The summed E-state index contributed by atoms with van der Waals surface area (Å²) in [6.07, 6.45) is 2.49. The van der Waals surface area contributed by atoms with Crippen LogP contribution >= 0.6 is 0 Å². The lowest BCUT2D eigenvalue weighted by Gasteiger charge is -2.37. The van der Waals surface area contributed by atoms with Crippen molar-refractivity contribution in [1.82, 2.24) is 29.8 Å². The minimum absolute atomic E-state index is 0.159. The van der Waals surface area contributed by atoms with Crippen LogP contribution in [-0.2, 0) is 4.79 Å². The van der Waals surface area contributed by atoms with E-state index in [2.05, 4.69) is 25.3 Å². The summed E-state index contributed by atoms with van der Waals surface area (Å²) in [5.41, 5.74) is 0.927. The Morgan fingerprint density at radius 3 is 2.87 bits per heavy atom. The van der Waals surface area contributed by atoms with Gasteiger partial charge in [-0.25, -0.2) is 4.98 Å². The van der Waals surface area contributed by atoms with E-state index < -0.39 is 0 Å². The van der Waals surface area contributed by atoms with Gasteiger partial charge < -0.3 is 15.1 Å². The van der Waals surface area contributed by atoms with E-state index in [4.69, 9.17) is 0 Å². The third-order valence-corrected chi connectivity index (χ3v) is 4.69. The molecule has 2 saturated heterocycles. The Bertz CT molecular complexity index is 714. The van der Waals surface area contributed by atoms with Crippen LogP contribution in [0.3, 0.4) is 0 Å². The maximum Gasteiger partial charge on any atom is 0.254 e. The molecule has 0 radical (unpaired) electrons. The highest BCUT2D eigenvalue weighted by molar-refractivity contribution is 5.79. The highest BCUT2D eigenvalue weighted by atomic mass is 16.2. The van der Waals surface area contributed by atoms with Crippen molar-refractivity contribution in [3.05, 3.63) is 18.1 Å². The maximum absolute atomic E-state index is 12.5. The van der Waals surface area contributed by atoms with Gasteiger partial charge >= 0.3 is 0 Å². The first-order valence-electron chi connectivity index (χ1n) is 8.14. The van der Waals surface area contributed by atoms with Crippen molar-refractivity contribution in [2.24, 2.45) is 5.92 Å². The highest BCUT2D eigenvalue weighted by Gasteiger charge is 2.30. The minimum Gasteiger partial charge on any atom is -0.353 e. The van der Waals surface area contributed by atoms with Gasteiger partial charge in [-0.1, -0.05) is 0 Å². The predicted octanol–water partition coefficient (Wildman–Crippen LogP) is -0.309. The van der Waals surface area contributed by atoms with E-state index in [1.54, 1.807) is 4.52 Å². The number of nitrogens with zero attached hydrogens (tertiary/aromatic N) is 6. The molecule has 2 fully saturated rings. The number of piperazine rings is 1. The average Bonchev–Trinajstić information content (AvgIpc) is 3.25. The Labute approximate surface area is 134 Å². The van der Waals surface area contributed by atoms with E-state index in [1.165, 1.54) is 6.33 Å². The molecule has 2 aromatic rings. The molecule has 0 bridgehead atoms. The Morgan fingerprint density at radius 1 is 1.30 bits per heavy atom. The summed E-state index contributed by atoms with van der Waals surface area (Å²) < 4.78 is 1.77. The topological polar surface area (TPSA) is 78.7 Å². The number of carbonyl (C=O) groups is 1. The van der Waals surface area contributed by atoms with E-state index >= 15 is 0 Å². The van der Waals surface area contributed by atoms with Crippen molar-refractivity contribution in [3.63, 3.8) is 0 Å². The molecule has 2 aromatic heterocycles. The van der Waals surface area contributed by atoms with E-state index in [1.807, 2.05) is 17.9 Å². The van der Waals surface area contributed by atoms with Gasteiger partial charge in [0.05, 0.1) is 5.92 Å². The minimum atomic E-state index is 0.159. The molecule has 4 rings (SSSR count). The molecule has 8 heteroatoms. The van der Waals surface area contributed by atoms with Gasteiger partial charge in [-0.15, -0.1) is 0 Å². The molecule has 1 unspecified atom stereocenters. The number of aromatic nitrogens is 4. The van der Waals surface area contributed by atoms with Crippen molar-refractivity contribution >= 4 is 17.5 Å². The number of anilines is 1. The zero-order valence-electron chi connectivity index (χ0n) is 13.3. The van der Waals surface area contributed by atoms with E-state index in [-0.39, 0.29) is 5.92 Å². The van der Waals surface area contributed by atoms with Crippen LogP contribution in [-0.4, -0.2) is 69.7 Å². The van der Waals surface area contributed by atoms with Gasteiger partial charge in [-0.3, -0.25) is 4.79 Å². The molecule has 0 aromatic carbocycles. The molecule has 2 aliphatic heterocycles. The smallest absolute Gasteiger partial charge is 0.254 e. The Balaban J connectivity index is 1.48. The van der Waals surface area contributed by atoms with E-state index in [9.17, 15) is 4.79 Å². The van der Waals surface area contributed by atoms with Crippen molar-refractivity contribution in [2.45, 2.75) is 13.3 Å². The molecule has 0 spiro atoms. The first-order chi connectivity index (χ1) is 11.2. The Hall–Kier alpha value is -2.22. The second-order valence-electron chi connectivity index (χ2n) is 6.23. The lowest BCUT2D eigenvalue weighted by molar-refractivity contribution is -0.135. The van der Waals surface area contributed by atoms with Gasteiger partial charge in [-0.2, -0.15) is 14.6 Å². The number of amides is 1. The molecular formula is C15H21N7O. The van der Waals surface area contributed by atoms with Gasteiger partial charge in [0.1, 0.15) is 12.1 Å². The van der Waals surface area contributed by atoms with Crippen molar-refractivity contribution < 1.29 is 4.79 Å². The normalized spacial score (nSPS) is 22.0. The fraction of sp³-hybridized carbons (Fsp3) is 0.600. The third kappa shape index (κ3) is 2.63. The predicted molar refractivity (Wildman–Crippen MR) is 85.3 cm³/mol. The molecule has 1 N–H and O–H groups in total. The summed E-state index contributed by atoms with van der Waals surface area (Å²) in [4.78, 5) is 25.3. The van der Waals surface area contributed by atoms with Crippen LogP contribution in [0.5, 0.6) is 0 Å². The number of carbonyl (C=O) groups excluding carboxylic acids is 1. The van der Waals surface area contributed by atoms with Crippen LogP contribution in [0.1, 0.15) is 12.1 Å². The Morgan fingerprint density at radius 2 is 2.13 bits per heavy atom. The number of hydrogen-bond donors (Lipinski definition) is 1. The number of rotatable bonds is 2. The maximum atomic E-state index is 12.5. The fourth-order valence-electron chi connectivity index (χ4n) is 3.42. The molecule has 23 heavy (non-hydrogen) atoms. The largest absolute Gasteiger partial charge is 0.353 e. The summed E-state index contributed by atoms with van der Waals surface area (Å²) in [6.45, 7) is 6.87. The summed E-state index contributed by atoms with van der Waals surface area (Å²) in [5, 5.41) is 7.53. The number of nitrogens with one attached hydrogen (secondary N) is 1. The molecule has 4 heterocycles. The van der Waals surface area contributed by atoms with Crippen molar-refractivity contribution in [1.29, 1.82) is 0 Å². The summed E-state index contributed by atoms with van der Waals surface area (Å²) in [7, 11) is 0. The fourth-order valence-corrected chi connectivity index (χ4v) is 3.42. The lowest BCUT2D eigenvalue weighted by atomic mass is 10.1. The zero-order valence-corrected chi connectivity index (χ0v) is 13.3. The number of hydrogen-bond acceptors (Lipinski definition) is 6. The van der Waals surface area contributed by atoms with Gasteiger partial charge in [-0.05, 0) is 19.9 Å². The third-order valence-electron chi connectivity index (χ3n) is 4.69. The van der Waals surface area contributed by atoms with E-state index in [0.717, 1.165) is 57.2 Å². The highest BCUT2D eigenvalue weighted by Crippen LogP contribution is 2.19. The monoisotopic (exact) mass is 315 g/mol. The quantitative estimate of drug-likeness (QED) is 0.819. The molecule has 122 valence electrons. The first-order valence-corrected chi connectivity index (χ1v) is 8.14. The average molecular weight is 315 g/mol. The molecule has 0 saturated carbocycles. The zero-order chi connectivity index (χ0) is 15.8. The van der Waals surface area contributed by atoms with Gasteiger partial charge in [0, 0.05) is 44.5 Å². The second kappa shape index (κ2) is 5.77. The summed E-state index contributed by atoms with van der Waals surface area (Å²) >= 11 is 0. The van der Waals surface area contributed by atoms with Crippen LogP contribution in [0.2, 0.25) is 0 Å². The van der Waals surface area contributed by atoms with Crippen molar-refractivity contribution in [2.75, 3.05) is 44.2 Å². The van der Waals surface area contributed by atoms with Crippen LogP contribution in [0, 0.1) is 12.8 Å². The first kappa shape index (κ1) is 14.4. The van der Waals surface area contributed by atoms with Crippen LogP contribution < -0.4 is 10.2 Å². The molecule has 0 aliphatic carbocycles. The van der Waals surface area contributed by atoms with Crippen LogP contribution in [0.4, 0.5) is 5.82 Å². The van der Waals surface area contributed by atoms with Gasteiger partial charge in [0.15, 0.2) is 0 Å². The van der Waals surface area contributed by atoms with Gasteiger partial charge in [0.25, 0.3) is 5.78 Å². The number of fused-ring (bicyclic) bond motifs is 1. The Kier molecular flexibility index (Phi) is 3.60. The van der Waals surface area contributed by atoms with E-state index in [0.29, 0.717) is 11.7 Å². The van der Waals surface area contributed by atoms with Gasteiger partial charge in [0.2, 0.25) is 5.91 Å². The molecule has 8 nitrogen and oxygen atoms in total. The van der Waals surface area contributed by atoms with Crippen LogP contribution in [0.15, 0.2) is 12.4 Å². The molecular weight excluding hydrogens is 294 g/mol.